The first-order valence-corrected chi connectivity index (χ1v) is 11.5. The number of carbonyl (C=O) groups is 1. The summed E-state index contributed by atoms with van der Waals surface area (Å²) in [5.41, 5.74) is 0. The fraction of sp³-hybridized carbons (Fsp3) is 0.947. The van der Waals surface area contributed by atoms with Crippen LogP contribution in [0.2, 0.25) is 0 Å². The minimum atomic E-state index is -4.45. The Morgan fingerprint density at radius 2 is 1.19 bits per heavy atom. The van der Waals surface area contributed by atoms with Gasteiger partial charge in [0.1, 0.15) is 15.5 Å². The molecule has 0 bridgehead atoms. The molecule has 150 valence electrons. The van der Waals surface area contributed by atoms with E-state index in [1.54, 1.807) is 0 Å². The fourth-order valence-electron chi connectivity index (χ4n) is 2.87. The van der Waals surface area contributed by atoms with Crippen molar-refractivity contribution in [2.24, 2.45) is 0 Å². The molecule has 0 saturated heterocycles. The van der Waals surface area contributed by atoms with E-state index in [-0.39, 0.29) is 35.5 Å². The summed E-state index contributed by atoms with van der Waals surface area (Å²) >= 11 is 0. The van der Waals surface area contributed by atoms with Gasteiger partial charge in [-0.1, -0.05) is 84.0 Å². The number of rotatable bonds is 16. The molecule has 0 N–H and O–H groups in total. The summed E-state index contributed by atoms with van der Waals surface area (Å²) < 4.78 is 32.7. The largest absolute Gasteiger partial charge is 1.00 e. The average Bonchev–Trinajstić information content (AvgIpc) is 2.56. The molecule has 0 aromatic rings. The maximum absolute atomic E-state index is 11.9. The van der Waals surface area contributed by atoms with Gasteiger partial charge in [-0.15, -0.1) is 0 Å². The molecule has 0 aromatic carbocycles. The van der Waals surface area contributed by atoms with Crippen LogP contribution in [0.4, 0.5) is 0 Å². The Morgan fingerprint density at radius 3 is 1.54 bits per heavy atom. The predicted octanol–water partition coefficient (Wildman–Crippen LogP) is 1.82. The van der Waals surface area contributed by atoms with E-state index in [4.69, 9.17) is 0 Å². The zero-order valence-electron chi connectivity index (χ0n) is 17.5. The van der Waals surface area contributed by atoms with Crippen LogP contribution in [0.5, 0.6) is 0 Å². The Balaban J connectivity index is 0. The first-order valence-electron chi connectivity index (χ1n) is 10.0. The van der Waals surface area contributed by atoms with Gasteiger partial charge >= 0.3 is 29.6 Å². The van der Waals surface area contributed by atoms with E-state index in [0.717, 1.165) is 24.2 Å². The van der Waals surface area contributed by atoms with Crippen molar-refractivity contribution in [3.05, 3.63) is 0 Å². The standard InChI is InChI=1S/C19H39NO4S.Na/c1-4-5-6-7-8-9-10-11-12-13-14-15-16-17-19(21)20(3)18(2)25(22,23)24;/h18H,4-17H2,1-3H3,(H,22,23,24);/q;+1/p-1. The van der Waals surface area contributed by atoms with Gasteiger partial charge in [-0.05, 0) is 13.3 Å². The summed E-state index contributed by atoms with van der Waals surface area (Å²) in [4.78, 5) is 12.9. The van der Waals surface area contributed by atoms with Gasteiger partial charge in [0.2, 0.25) is 5.91 Å². The van der Waals surface area contributed by atoms with Crippen LogP contribution in [-0.4, -0.2) is 36.2 Å². The summed E-state index contributed by atoms with van der Waals surface area (Å²) in [7, 11) is -3.07. The minimum Gasteiger partial charge on any atom is -0.746 e. The molecular weight excluding hydrogens is 361 g/mol. The smallest absolute Gasteiger partial charge is 0.746 e. The molecule has 7 heteroatoms. The van der Waals surface area contributed by atoms with Gasteiger partial charge in [-0.2, -0.15) is 0 Å². The zero-order chi connectivity index (χ0) is 19.1. The Morgan fingerprint density at radius 1 is 0.846 bits per heavy atom. The van der Waals surface area contributed by atoms with Crippen LogP contribution in [0.1, 0.15) is 104 Å². The molecule has 0 aliphatic rings. The topological polar surface area (TPSA) is 77.5 Å². The molecule has 26 heavy (non-hydrogen) atoms. The fourth-order valence-corrected chi connectivity index (χ4v) is 3.37. The zero-order valence-corrected chi connectivity index (χ0v) is 20.3. The third kappa shape index (κ3) is 15.4. The number of nitrogens with zero attached hydrogens (tertiary/aromatic N) is 1. The number of hydrogen-bond donors (Lipinski definition) is 0. The molecular formula is C19H38NNaO4S. The molecule has 0 aliphatic carbocycles. The average molecular weight is 400 g/mol. The van der Waals surface area contributed by atoms with Crippen molar-refractivity contribution in [1.82, 2.24) is 4.90 Å². The molecule has 1 amide bonds. The molecule has 0 heterocycles. The minimum absolute atomic E-state index is 0. The van der Waals surface area contributed by atoms with E-state index in [1.165, 1.54) is 78.2 Å². The molecule has 1 unspecified atom stereocenters. The molecule has 0 rings (SSSR count). The van der Waals surface area contributed by atoms with Gasteiger partial charge < -0.3 is 9.45 Å². The number of carbonyl (C=O) groups excluding carboxylic acids is 1. The maximum Gasteiger partial charge on any atom is 1.00 e. The van der Waals surface area contributed by atoms with E-state index in [2.05, 4.69) is 6.92 Å². The van der Waals surface area contributed by atoms with Gasteiger partial charge in [-0.25, -0.2) is 8.42 Å². The second-order valence-corrected chi connectivity index (χ2v) is 8.76. The number of unbranched alkanes of at least 4 members (excludes halogenated alkanes) is 12. The van der Waals surface area contributed by atoms with Gasteiger partial charge in [0.25, 0.3) is 0 Å². The van der Waals surface area contributed by atoms with Gasteiger partial charge in [0.05, 0.1) is 0 Å². The molecule has 0 saturated carbocycles. The van der Waals surface area contributed by atoms with Crippen LogP contribution in [0.3, 0.4) is 0 Å². The first-order chi connectivity index (χ1) is 11.8. The third-order valence-corrected chi connectivity index (χ3v) is 6.00. The number of hydrogen-bond acceptors (Lipinski definition) is 4. The van der Waals surface area contributed by atoms with E-state index in [1.807, 2.05) is 0 Å². The van der Waals surface area contributed by atoms with Crippen molar-refractivity contribution >= 4 is 16.0 Å². The maximum atomic E-state index is 11.9. The van der Waals surface area contributed by atoms with E-state index in [0.29, 0.717) is 6.42 Å². The molecule has 0 aliphatic heterocycles. The molecule has 0 fully saturated rings. The molecule has 0 spiro atoms. The molecule has 0 radical (unpaired) electrons. The van der Waals surface area contributed by atoms with Gasteiger partial charge in [0.15, 0.2) is 0 Å². The molecule has 0 aromatic heterocycles. The normalized spacial score (nSPS) is 12.5. The predicted molar refractivity (Wildman–Crippen MR) is 102 cm³/mol. The number of amides is 1. The second kappa shape index (κ2) is 17.5. The summed E-state index contributed by atoms with van der Waals surface area (Å²) in [6, 6.07) is 0. The summed E-state index contributed by atoms with van der Waals surface area (Å²) in [5, 5.41) is -1.29. The van der Waals surface area contributed by atoms with Crippen molar-refractivity contribution in [2.75, 3.05) is 7.05 Å². The van der Waals surface area contributed by atoms with Crippen molar-refractivity contribution in [3.8, 4) is 0 Å². The van der Waals surface area contributed by atoms with Crippen LogP contribution in [0, 0.1) is 0 Å². The van der Waals surface area contributed by atoms with Gasteiger partial charge in [-0.3, -0.25) is 4.79 Å². The van der Waals surface area contributed by atoms with Crippen molar-refractivity contribution in [3.63, 3.8) is 0 Å². The summed E-state index contributed by atoms with van der Waals surface area (Å²) in [5.74, 6) is -0.269. The second-order valence-electron chi connectivity index (χ2n) is 7.09. The summed E-state index contributed by atoms with van der Waals surface area (Å²) in [6.45, 7) is 3.50. The van der Waals surface area contributed by atoms with Crippen LogP contribution >= 0.6 is 0 Å². The van der Waals surface area contributed by atoms with Crippen LogP contribution in [-0.2, 0) is 14.9 Å². The van der Waals surface area contributed by atoms with Crippen molar-refractivity contribution in [1.29, 1.82) is 0 Å². The van der Waals surface area contributed by atoms with E-state index < -0.39 is 15.5 Å². The van der Waals surface area contributed by atoms with Crippen molar-refractivity contribution in [2.45, 2.75) is 109 Å². The first kappa shape index (κ1) is 28.6. The quantitative estimate of drug-likeness (QED) is 0.225. The van der Waals surface area contributed by atoms with Crippen LogP contribution in [0.25, 0.3) is 0 Å². The SMILES string of the molecule is CCCCCCCCCCCCCCCC(=O)N(C)C(C)S(=O)(=O)[O-].[Na+]. The Labute approximate surface area is 183 Å². The van der Waals surface area contributed by atoms with E-state index >= 15 is 0 Å². The molecule has 1 atom stereocenters. The molecule has 5 nitrogen and oxygen atoms in total. The van der Waals surface area contributed by atoms with Crippen molar-refractivity contribution < 1.29 is 47.3 Å². The Bertz CT molecular complexity index is 443. The van der Waals surface area contributed by atoms with Gasteiger partial charge in [0, 0.05) is 13.5 Å². The monoisotopic (exact) mass is 399 g/mol. The third-order valence-electron chi connectivity index (χ3n) is 4.85. The Hall–Kier alpha value is 0.380. The van der Waals surface area contributed by atoms with Crippen LogP contribution < -0.4 is 29.6 Å². The summed E-state index contributed by atoms with van der Waals surface area (Å²) in [6.07, 6.45) is 16.4. The van der Waals surface area contributed by atoms with Crippen LogP contribution in [0.15, 0.2) is 0 Å². The Kier molecular flexibility index (Phi) is 19.2. The van der Waals surface area contributed by atoms with E-state index in [9.17, 15) is 17.8 Å².